The number of aryl methyl sites for hydroxylation is 2. The van der Waals surface area contributed by atoms with Gasteiger partial charge in [-0.2, -0.15) is 0 Å². The second-order valence-electron chi connectivity index (χ2n) is 5.19. The van der Waals surface area contributed by atoms with Crippen molar-refractivity contribution in [3.8, 4) is 5.75 Å². The molecule has 0 aliphatic heterocycles. The minimum Gasteiger partial charge on any atom is -0.497 e. The number of halogens is 1. The molecule has 0 spiro atoms. The molecular weight excluding hydrogens is 265 g/mol. The normalized spacial score (nSPS) is 12.2. The molecule has 0 saturated carbocycles. The topological polar surface area (TPSA) is 21.3 Å². The van der Waals surface area contributed by atoms with Gasteiger partial charge in [-0.3, -0.25) is 0 Å². The summed E-state index contributed by atoms with van der Waals surface area (Å²) >= 11 is 0. The number of rotatable bonds is 6. The van der Waals surface area contributed by atoms with E-state index in [0.29, 0.717) is 11.3 Å². The van der Waals surface area contributed by atoms with Crippen LogP contribution in [-0.2, 0) is 6.42 Å². The minimum atomic E-state index is -0.224. The second-order valence-corrected chi connectivity index (χ2v) is 5.19. The van der Waals surface area contributed by atoms with Crippen molar-refractivity contribution in [1.82, 2.24) is 5.32 Å². The van der Waals surface area contributed by atoms with Crippen LogP contribution in [0.5, 0.6) is 5.75 Å². The summed E-state index contributed by atoms with van der Waals surface area (Å²) < 4.78 is 19.2. The zero-order valence-corrected chi connectivity index (χ0v) is 12.8. The lowest BCUT2D eigenvalue weighted by Crippen LogP contribution is -2.18. The van der Waals surface area contributed by atoms with Crippen molar-refractivity contribution in [3.63, 3.8) is 0 Å². The third-order valence-electron chi connectivity index (χ3n) is 3.90. The van der Waals surface area contributed by atoms with Crippen molar-refractivity contribution in [1.29, 1.82) is 0 Å². The monoisotopic (exact) mass is 287 g/mol. The number of hydrogen-bond donors (Lipinski definition) is 1. The molecule has 21 heavy (non-hydrogen) atoms. The highest BCUT2D eigenvalue weighted by Gasteiger charge is 2.15. The van der Waals surface area contributed by atoms with E-state index in [0.717, 1.165) is 12.8 Å². The van der Waals surface area contributed by atoms with Crippen LogP contribution in [0.2, 0.25) is 0 Å². The zero-order valence-electron chi connectivity index (χ0n) is 12.8. The lowest BCUT2D eigenvalue weighted by atomic mass is 9.96. The first kappa shape index (κ1) is 15.5. The summed E-state index contributed by atoms with van der Waals surface area (Å²) in [5.41, 5.74) is 3.28. The highest BCUT2D eigenvalue weighted by Crippen LogP contribution is 2.25. The van der Waals surface area contributed by atoms with Gasteiger partial charge in [0.15, 0.2) is 0 Å². The maximum absolute atomic E-state index is 14.2. The van der Waals surface area contributed by atoms with Crippen LogP contribution in [0.4, 0.5) is 4.39 Å². The van der Waals surface area contributed by atoms with E-state index < -0.39 is 0 Å². The van der Waals surface area contributed by atoms with E-state index in [1.54, 1.807) is 19.2 Å². The summed E-state index contributed by atoms with van der Waals surface area (Å²) in [6.07, 6.45) is 1.77. The molecule has 1 unspecified atom stereocenters. The Bertz CT molecular complexity index is 598. The van der Waals surface area contributed by atoms with Crippen LogP contribution in [0.15, 0.2) is 42.5 Å². The molecule has 2 nitrogen and oxygen atoms in total. The first-order chi connectivity index (χ1) is 10.2. The molecule has 0 heterocycles. The molecular formula is C18H22FNO. The molecule has 0 radical (unpaired) electrons. The molecule has 0 aromatic heterocycles. The Balaban J connectivity index is 2.11. The molecule has 1 atom stereocenters. The highest BCUT2D eigenvalue weighted by atomic mass is 19.1. The molecule has 0 fully saturated rings. The Kier molecular flexibility index (Phi) is 5.34. The van der Waals surface area contributed by atoms with Crippen LogP contribution in [-0.4, -0.2) is 14.2 Å². The molecule has 0 bridgehead atoms. The first-order valence-corrected chi connectivity index (χ1v) is 7.21. The summed E-state index contributed by atoms with van der Waals surface area (Å²) in [4.78, 5) is 0. The molecule has 2 aromatic rings. The van der Waals surface area contributed by atoms with Gasteiger partial charge in [-0.1, -0.05) is 30.3 Å². The predicted molar refractivity (Wildman–Crippen MR) is 84.3 cm³/mol. The fraction of sp³-hybridized carbons (Fsp3) is 0.333. The summed E-state index contributed by atoms with van der Waals surface area (Å²) in [7, 11) is 3.41. The van der Waals surface area contributed by atoms with E-state index in [1.165, 1.54) is 17.2 Å². The summed E-state index contributed by atoms with van der Waals surface area (Å²) in [6.45, 7) is 2.11. The van der Waals surface area contributed by atoms with Crippen molar-refractivity contribution < 1.29 is 9.13 Å². The smallest absolute Gasteiger partial charge is 0.131 e. The Labute approximate surface area is 126 Å². The van der Waals surface area contributed by atoms with Gasteiger partial charge >= 0.3 is 0 Å². The van der Waals surface area contributed by atoms with E-state index >= 15 is 0 Å². The minimum absolute atomic E-state index is 0.00416. The van der Waals surface area contributed by atoms with Gasteiger partial charge in [-0.25, -0.2) is 4.39 Å². The average Bonchev–Trinajstić information content (AvgIpc) is 2.50. The van der Waals surface area contributed by atoms with Gasteiger partial charge in [-0.05, 0) is 44.0 Å². The Morgan fingerprint density at radius 2 is 1.95 bits per heavy atom. The lowest BCUT2D eigenvalue weighted by molar-refractivity contribution is 0.409. The SMILES string of the molecule is CNC(CCc1ccccc1C)c1ccc(OC)cc1F. The van der Waals surface area contributed by atoms with Gasteiger partial charge in [0.25, 0.3) is 0 Å². The lowest BCUT2D eigenvalue weighted by Gasteiger charge is -2.18. The van der Waals surface area contributed by atoms with E-state index in [9.17, 15) is 4.39 Å². The quantitative estimate of drug-likeness (QED) is 0.866. The van der Waals surface area contributed by atoms with Gasteiger partial charge in [0.05, 0.1) is 7.11 Å². The van der Waals surface area contributed by atoms with Gasteiger partial charge in [0.1, 0.15) is 11.6 Å². The van der Waals surface area contributed by atoms with Crippen LogP contribution in [0, 0.1) is 12.7 Å². The summed E-state index contributed by atoms with van der Waals surface area (Å²) in [5, 5.41) is 3.21. The largest absolute Gasteiger partial charge is 0.497 e. The fourth-order valence-corrected chi connectivity index (χ4v) is 2.56. The molecule has 112 valence electrons. The number of methoxy groups -OCH3 is 1. The molecule has 1 N–H and O–H groups in total. The van der Waals surface area contributed by atoms with Crippen LogP contribution >= 0.6 is 0 Å². The van der Waals surface area contributed by atoms with E-state index in [2.05, 4.69) is 24.4 Å². The fourth-order valence-electron chi connectivity index (χ4n) is 2.56. The Hall–Kier alpha value is -1.87. The number of benzene rings is 2. The molecule has 0 aliphatic carbocycles. The Morgan fingerprint density at radius 3 is 2.57 bits per heavy atom. The highest BCUT2D eigenvalue weighted by molar-refractivity contribution is 5.31. The standard InChI is InChI=1S/C18H22FNO/c1-13-6-4-5-7-14(13)8-11-18(20-2)16-10-9-15(21-3)12-17(16)19/h4-7,9-10,12,18,20H,8,11H2,1-3H3. The van der Waals surface area contributed by atoms with Crippen molar-refractivity contribution in [2.75, 3.05) is 14.2 Å². The van der Waals surface area contributed by atoms with Gasteiger partial charge in [0, 0.05) is 17.7 Å². The van der Waals surface area contributed by atoms with E-state index in [-0.39, 0.29) is 11.9 Å². The third-order valence-corrected chi connectivity index (χ3v) is 3.90. The van der Waals surface area contributed by atoms with Crippen molar-refractivity contribution in [3.05, 3.63) is 65.0 Å². The van der Waals surface area contributed by atoms with Gasteiger partial charge in [0.2, 0.25) is 0 Å². The van der Waals surface area contributed by atoms with Gasteiger partial charge in [-0.15, -0.1) is 0 Å². The first-order valence-electron chi connectivity index (χ1n) is 7.21. The molecule has 0 saturated heterocycles. The molecule has 0 aliphatic rings. The average molecular weight is 287 g/mol. The molecule has 3 heteroatoms. The van der Waals surface area contributed by atoms with Crippen LogP contribution in [0.25, 0.3) is 0 Å². The van der Waals surface area contributed by atoms with Gasteiger partial charge < -0.3 is 10.1 Å². The maximum Gasteiger partial charge on any atom is 0.131 e. The maximum atomic E-state index is 14.2. The summed E-state index contributed by atoms with van der Waals surface area (Å²) in [6, 6.07) is 13.4. The Morgan fingerprint density at radius 1 is 1.19 bits per heavy atom. The number of nitrogens with one attached hydrogen (secondary N) is 1. The molecule has 2 aromatic carbocycles. The zero-order chi connectivity index (χ0) is 15.2. The number of hydrogen-bond acceptors (Lipinski definition) is 2. The number of ether oxygens (including phenoxy) is 1. The summed E-state index contributed by atoms with van der Waals surface area (Å²) in [5.74, 6) is 0.323. The second kappa shape index (κ2) is 7.23. The van der Waals surface area contributed by atoms with Crippen LogP contribution < -0.4 is 10.1 Å². The van der Waals surface area contributed by atoms with Crippen molar-refractivity contribution >= 4 is 0 Å². The molecule has 0 amide bonds. The third kappa shape index (κ3) is 3.82. The molecule has 2 rings (SSSR count). The van der Waals surface area contributed by atoms with Crippen LogP contribution in [0.1, 0.15) is 29.2 Å². The van der Waals surface area contributed by atoms with E-state index in [1.807, 2.05) is 19.2 Å². The van der Waals surface area contributed by atoms with Crippen LogP contribution in [0.3, 0.4) is 0 Å². The van der Waals surface area contributed by atoms with E-state index in [4.69, 9.17) is 4.74 Å². The van der Waals surface area contributed by atoms with Crippen molar-refractivity contribution in [2.24, 2.45) is 0 Å². The predicted octanol–water partition coefficient (Wildman–Crippen LogP) is 4.04. The van der Waals surface area contributed by atoms with Crippen molar-refractivity contribution in [2.45, 2.75) is 25.8 Å².